The van der Waals surface area contributed by atoms with Gasteiger partial charge in [0.1, 0.15) is 11.8 Å². The van der Waals surface area contributed by atoms with Gasteiger partial charge in [-0.05, 0) is 60.7 Å². The Bertz CT molecular complexity index is 1200. The Morgan fingerprint density at radius 3 is 2.33 bits per heavy atom. The number of aliphatic hydroxyl groups is 1. The van der Waals surface area contributed by atoms with Crippen LogP contribution in [0.15, 0.2) is 78.5 Å². The lowest BCUT2D eigenvalue weighted by atomic mass is 9.98. The average Bonchev–Trinajstić information content (AvgIpc) is 3.05. The average molecular weight is 416 g/mol. The molecule has 0 spiro atoms. The van der Waals surface area contributed by atoms with Crippen molar-refractivity contribution >= 4 is 34.7 Å². The quantitative estimate of drug-likeness (QED) is 0.392. The molecule has 1 atom stereocenters. The number of hydrogen-bond acceptors (Lipinski definition) is 5. The Labute approximate surface area is 177 Å². The van der Waals surface area contributed by atoms with Gasteiger partial charge < -0.3 is 5.11 Å². The van der Waals surface area contributed by atoms with E-state index in [0.29, 0.717) is 27.5 Å². The van der Waals surface area contributed by atoms with E-state index in [1.165, 1.54) is 4.90 Å². The van der Waals surface area contributed by atoms with Gasteiger partial charge >= 0.3 is 0 Å². The molecule has 1 aromatic heterocycles. The lowest BCUT2D eigenvalue weighted by Crippen LogP contribution is -2.29. The second-order valence-electron chi connectivity index (χ2n) is 6.59. The van der Waals surface area contributed by atoms with Crippen LogP contribution in [0.1, 0.15) is 22.9 Å². The van der Waals surface area contributed by atoms with E-state index in [9.17, 15) is 14.7 Å². The zero-order valence-corrected chi connectivity index (χ0v) is 16.2. The highest BCUT2D eigenvalue weighted by molar-refractivity contribution is 6.51. The number of aromatic nitrogens is 1. The van der Waals surface area contributed by atoms with Crippen molar-refractivity contribution in [3.8, 4) is 6.07 Å². The van der Waals surface area contributed by atoms with Crippen molar-refractivity contribution in [1.29, 1.82) is 5.26 Å². The van der Waals surface area contributed by atoms with Gasteiger partial charge in [-0.3, -0.25) is 19.5 Å². The van der Waals surface area contributed by atoms with Crippen molar-refractivity contribution < 1.29 is 14.7 Å². The fourth-order valence-corrected chi connectivity index (χ4v) is 3.50. The van der Waals surface area contributed by atoms with Gasteiger partial charge in [0.25, 0.3) is 11.7 Å². The van der Waals surface area contributed by atoms with Crippen molar-refractivity contribution in [2.75, 3.05) is 4.90 Å². The maximum Gasteiger partial charge on any atom is 0.300 e. The molecule has 2 heterocycles. The normalized spacial score (nSPS) is 17.7. The number of Topliss-reactive ketones (excluding diaryl/α,β-unsaturated/α-hetero) is 1. The van der Waals surface area contributed by atoms with E-state index in [-0.39, 0.29) is 11.3 Å². The van der Waals surface area contributed by atoms with Crippen LogP contribution in [0.3, 0.4) is 0 Å². The number of hydrogen-bond donors (Lipinski definition) is 1. The van der Waals surface area contributed by atoms with Crippen molar-refractivity contribution in [1.82, 2.24) is 4.98 Å². The number of amides is 1. The first kappa shape index (κ1) is 19.4. The summed E-state index contributed by atoms with van der Waals surface area (Å²) in [5, 5.41) is 20.5. The molecule has 0 saturated carbocycles. The Balaban J connectivity index is 1.92. The van der Waals surface area contributed by atoms with Crippen LogP contribution in [-0.4, -0.2) is 21.8 Å². The summed E-state index contributed by atoms with van der Waals surface area (Å²) in [5.74, 6) is -1.91. The predicted molar refractivity (Wildman–Crippen MR) is 112 cm³/mol. The van der Waals surface area contributed by atoms with E-state index in [2.05, 4.69) is 4.98 Å². The number of carbonyl (C=O) groups excluding carboxylic acids is 2. The molecule has 1 unspecified atom stereocenters. The molecule has 0 aliphatic carbocycles. The maximum atomic E-state index is 13.0. The van der Waals surface area contributed by atoms with Crippen LogP contribution in [0.25, 0.3) is 5.76 Å². The lowest BCUT2D eigenvalue weighted by molar-refractivity contribution is -0.132. The third-order valence-electron chi connectivity index (χ3n) is 4.80. The molecule has 3 aromatic rings. The van der Waals surface area contributed by atoms with Crippen LogP contribution in [0.5, 0.6) is 0 Å². The number of nitrogens with zero attached hydrogens (tertiary/aromatic N) is 3. The first-order valence-electron chi connectivity index (χ1n) is 8.99. The zero-order valence-electron chi connectivity index (χ0n) is 15.5. The Morgan fingerprint density at radius 1 is 1.03 bits per heavy atom. The summed E-state index contributed by atoms with van der Waals surface area (Å²) in [6.07, 6.45) is 1.55. The van der Waals surface area contributed by atoms with Crippen LogP contribution in [0, 0.1) is 11.3 Å². The van der Waals surface area contributed by atoms with Crippen LogP contribution in [-0.2, 0) is 9.59 Å². The Morgan fingerprint density at radius 2 is 1.73 bits per heavy atom. The molecule has 0 radical (unpaired) electrons. The van der Waals surface area contributed by atoms with Crippen LogP contribution in [0.2, 0.25) is 5.02 Å². The summed E-state index contributed by atoms with van der Waals surface area (Å²) in [6, 6.07) is 18.8. The molecule has 1 fully saturated rings. The molecule has 30 heavy (non-hydrogen) atoms. The van der Waals surface area contributed by atoms with E-state index in [4.69, 9.17) is 16.9 Å². The highest BCUT2D eigenvalue weighted by Gasteiger charge is 2.47. The first-order valence-corrected chi connectivity index (χ1v) is 9.37. The van der Waals surface area contributed by atoms with Gasteiger partial charge in [0, 0.05) is 22.5 Å². The highest BCUT2D eigenvalue weighted by atomic mass is 35.5. The minimum absolute atomic E-state index is 0.0645. The SMILES string of the molecule is N#Cc1ccc(N2C(=O)C(=O)/C(=C(\O)c3ccc(Cl)cc3)C2c2ccccn2)cc1. The summed E-state index contributed by atoms with van der Waals surface area (Å²) in [4.78, 5) is 31.5. The van der Waals surface area contributed by atoms with Gasteiger partial charge in [0.2, 0.25) is 0 Å². The Kier molecular flexibility index (Phi) is 5.05. The van der Waals surface area contributed by atoms with E-state index in [1.807, 2.05) is 6.07 Å². The number of aliphatic hydroxyl groups excluding tert-OH is 1. The van der Waals surface area contributed by atoms with Crippen molar-refractivity contribution in [3.05, 3.63) is 100 Å². The van der Waals surface area contributed by atoms with Gasteiger partial charge in [0.05, 0.1) is 22.9 Å². The van der Waals surface area contributed by atoms with Gasteiger partial charge in [-0.25, -0.2) is 0 Å². The number of carbonyl (C=O) groups is 2. The van der Waals surface area contributed by atoms with Crippen LogP contribution >= 0.6 is 11.6 Å². The number of nitriles is 1. The summed E-state index contributed by atoms with van der Waals surface area (Å²) in [6.45, 7) is 0. The molecule has 4 rings (SSSR count). The number of halogens is 1. The van der Waals surface area contributed by atoms with Crippen LogP contribution < -0.4 is 4.90 Å². The van der Waals surface area contributed by atoms with Crippen molar-refractivity contribution in [3.63, 3.8) is 0 Å². The molecule has 1 aliphatic rings. The summed E-state index contributed by atoms with van der Waals surface area (Å²) in [5.41, 5.74) is 1.56. The van der Waals surface area contributed by atoms with Crippen LogP contribution in [0.4, 0.5) is 5.69 Å². The fourth-order valence-electron chi connectivity index (χ4n) is 3.38. The van der Waals surface area contributed by atoms with Gasteiger partial charge in [-0.1, -0.05) is 17.7 Å². The molecular formula is C23H14ClN3O3. The number of rotatable bonds is 3. The van der Waals surface area contributed by atoms with Crippen molar-refractivity contribution in [2.24, 2.45) is 0 Å². The molecular weight excluding hydrogens is 402 g/mol. The molecule has 6 nitrogen and oxygen atoms in total. The molecule has 1 amide bonds. The molecule has 1 saturated heterocycles. The largest absolute Gasteiger partial charge is 0.507 e. The summed E-state index contributed by atoms with van der Waals surface area (Å²) in [7, 11) is 0. The molecule has 1 aliphatic heterocycles. The molecule has 1 N–H and O–H groups in total. The van der Waals surface area contributed by atoms with Gasteiger partial charge in [-0.15, -0.1) is 0 Å². The minimum Gasteiger partial charge on any atom is -0.507 e. The second kappa shape index (κ2) is 7.82. The highest BCUT2D eigenvalue weighted by Crippen LogP contribution is 2.41. The smallest absolute Gasteiger partial charge is 0.300 e. The summed E-state index contributed by atoms with van der Waals surface area (Å²) >= 11 is 5.92. The van der Waals surface area contributed by atoms with Gasteiger partial charge in [-0.2, -0.15) is 5.26 Å². The van der Waals surface area contributed by atoms with Crippen molar-refractivity contribution in [2.45, 2.75) is 6.04 Å². The number of benzene rings is 2. The third-order valence-corrected chi connectivity index (χ3v) is 5.06. The van der Waals surface area contributed by atoms with E-state index >= 15 is 0 Å². The summed E-state index contributed by atoms with van der Waals surface area (Å²) < 4.78 is 0. The molecule has 146 valence electrons. The van der Waals surface area contributed by atoms with E-state index < -0.39 is 17.7 Å². The lowest BCUT2D eigenvalue weighted by Gasteiger charge is -2.24. The molecule has 7 heteroatoms. The van der Waals surface area contributed by atoms with Gasteiger partial charge in [0.15, 0.2) is 0 Å². The van der Waals surface area contributed by atoms with E-state index in [0.717, 1.165) is 0 Å². The minimum atomic E-state index is -0.921. The number of pyridine rings is 1. The standard InChI is InChI=1S/C23H14ClN3O3/c24-16-8-6-15(7-9-16)21(28)19-20(18-3-1-2-12-26-18)27(23(30)22(19)29)17-10-4-14(13-25)5-11-17/h1-12,20,28H/b21-19-. The third kappa shape index (κ3) is 3.32. The predicted octanol–water partition coefficient (Wildman–Crippen LogP) is 4.23. The number of ketones is 1. The maximum absolute atomic E-state index is 13.0. The Hall–Kier alpha value is -3.95. The monoisotopic (exact) mass is 415 g/mol. The number of anilines is 1. The topological polar surface area (TPSA) is 94.3 Å². The first-order chi connectivity index (χ1) is 14.5. The fraction of sp³-hybridized carbons (Fsp3) is 0.0435. The molecule has 0 bridgehead atoms. The molecule has 2 aromatic carbocycles. The second-order valence-corrected chi connectivity index (χ2v) is 7.03. The van der Waals surface area contributed by atoms with E-state index in [1.54, 1.807) is 72.9 Å². The zero-order chi connectivity index (χ0) is 21.3.